The smallest absolute Gasteiger partial charge is 0.255 e. The molecule has 2 aromatic carbocycles. The minimum absolute atomic E-state index is 0.101. The van der Waals surface area contributed by atoms with Crippen LogP contribution in [0.25, 0.3) is 0 Å². The van der Waals surface area contributed by atoms with Gasteiger partial charge in [-0.25, -0.2) is 0 Å². The van der Waals surface area contributed by atoms with E-state index in [0.717, 1.165) is 67.0 Å². The number of anilines is 2. The lowest BCUT2D eigenvalue weighted by Crippen LogP contribution is -2.53. The summed E-state index contributed by atoms with van der Waals surface area (Å²) in [6.45, 7) is 2.60. The lowest BCUT2D eigenvalue weighted by molar-refractivity contribution is -0.146. The molecule has 1 aliphatic heterocycles. The molecule has 5 fully saturated rings. The molecule has 0 radical (unpaired) electrons. The fourth-order valence-corrected chi connectivity index (χ4v) is 7.54. The Kier molecular flexibility index (Phi) is 5.59. The number of nitrogens with zero attached hydrogens (tertiary/aromatic N) is 1. The third-order valence-electron chi connectivity index (χ3n) is 8.79. The minimum Gasteiger partial charge on any atom is -0.370 e. The van der Waals surface area contributed by atoms with E-state index in [4.69, 9.17) is 0 Å². The number of benzene rings is 2. The van der Waals surface area contributed by atoms with Crippen LogP contribution < -0.4 is 15.5 Å². The Balaban J connectivity index is 1.07. The van der Waals surface area contributed by atoms with Crippen LogP contribution in [0, 0.1) is 23.2 Å². The quantitative estimate of drug-likeness (QED) is 0.613. The molecule has 34 heavy (non-hydrogen) atoms. The Morgan fingerprint density at radius 1 is 0.853 bits per heavy atom. The fourth-order valence-electron chi connectivity index (χ4n) is 7.54. The number of para-hydroxylation sites is 2. The molecular formula is C29H35N3O2. The summed E-state index contributed by atoms with van der Waals surface area (Å²) < 4.78 is 0. The van der Waals surface area contributed by atoms with Crippen molar-refractivity contribution in [2.45, 2.75) is 57.9 Å². The second-order valence-electron chi connectivity index (χ2n) is 11.2. The van der Waals surface area contributed by atoms with Crippen LogP contribution in [0.3, 0.4) is 0 Å². The van der Waals surface area contributed by atoms with Crippen molar-refractivity contribution in [3.63, 3.8) is 0 Å². The van der Waals surface area contributed by atoms with Gasteiger partial charge in [0.2, 0.25) is 5.91 Å². The predicted octanol–water partition coefficient (Wildman–Crippen LogP) is 5.37. The highest BCUT2D eigenvalue weighted by atomic mass is 16.2. The van der Waals surface area contributed by atoms with Gasteiger partial charge in [0.05, 0.1) is 11.4 Å². The SMILES string of the molecule is O=C(Nc1ccccc1N1CCCC1)c1ccc(CNC(=O)C23CC4CC(CC(C4)C2)C3)cc1. The van der Waals surface area contributed by atoms with E-state index in [0.29, 0.717) is 12.1 Å². The summed E-state index contributed by atoms with van der Waals surface area (Å²) in [4.78, 5) is 28.5. The largest absolute Gasteiger partial charge is 0.370 e. The highest BCUT2D eigenvalue weighted by Crippen LogP contribution is 2.60. The molecule has 0 atom stereocenters. The molecule has 0 spiro atoms. The van der Waals surface area contributed by atoms with E-state index in [1.807, 2.05) is 42.5 Å². The molecule has 2 N–H and O–H groups in total. The average molecular weight is 458 g/mol. The molecule has 5 aliphatic rings. The molecule has 2 amide bonds. The zero-order chi connectivity index (χ0) is 23.1. The first-order chi connectivity index (χ1) is 16.6. The molecule has 1 heterocycles. The zero-order valence-electron chi connectivity index (χ0n) is 19.9. The van der Waals surface area contributed by atoms with Gasteiger partial charge >= 0.3 is 0 Å². The second-order valence-corrected chi connectivity index (χ2v) is 11.2. The van der Waals surface area contributed by atoms with Crippen molar-refractivity contribution in [2.24, 2.45) is 23.2 Å². The van der Waals surface area contributed by atoms with Crippen LogP contribution >= 0.6 is 0 Å². The maximum atomic E-state index is 13.2. The molecule has 0 aromatic heterocycles. The van der Waals surface area contributed by atoms with Crippen LogP contribution in [-0.2, 0) is 11.3 Å². The van der Waals surface area contributed by atoms with Gasteiger partial charge in [-0.3, -0.25) is 9.59 Å². The topological polar surface area (TPSA) is 61.4 Å². The molecule has 1 saturated heterocycles. The lowest BCUT2D eigenvalue weighted by atomic mass is 9.49. The average Bonchev–Trinajstić information content (AvgIpc) is 3.37. The van der Waals surface area contributed by atoms with E-state index in [2.05, 4.69) is 21.6 Å². The van der Waals surface area contributed by atoms with Crippen molar-refractivity contribution < 1.29 is 9.59 Å². The van der Waals surface area contributed by atoms with Gasteiger partial charge in [-0.1, -0.05) is 24.3 Å². The van der Waals surface area contributed by atoms with Crippen LogP contribution in [0.2, 0.25) is 0 Å². The maximum Gasteiger partial charge on any atom is 0.255 e. The number of hydrogen-bond acceptors (Lipinski definition) is 3. The van der Waals surface area contributed by atoms with Crippen LogP contribution in [0.1, 0.15) is 67.3 Å². The normalized spacial score (nSPS) is 29.3. The molecule has 178 valence electrons. The van der Waals surface area contributed by atoms with Crippen molar-refractivity contribution in [1.29, 1.82) is 0 Å². The van der Waals surface area contributed by atoms with Crippen LogP contribution in [0.15, 0.2) is 48.5 Å². The van der Waals surface area contributed by atoms with Crippen molar-refractivity contribution in [1.82, 2.24) is 5.32 Å². The number of nitrogens with one attached hydrogen (secondary N) is 2. The summed E-state index contributed by atoms with van der Waals surface area (Å²) in [5.41, 5.74) is 3.51. The molecule has 4 bridgehead atoms. The second kappa shape index (κ2) is 8.75. The summed E-state index contributed by atoms with van der Waals surface area (Å²) in [7, 11) is 0. The van der Waals surface area contributed by atoms with Gasteiger partial charge in [-0.15, -0.1) is 0 Å². The van der Waals surface area contributed by atoms with E-state index < -0.39 is 0 Å². The van der Waals surface area contributed by atoms with E-state index in [-0.39, 0.29) is 17.2 Å². The molecule has 5 heteroatoms. The summed E-state index contributed by atoms with van der Waals surface area (Å²) in [5, 5.41) is 6.34. The maximum absolute atomic E-state index is 13.2. The molecule has 4 saturated carbocycles. The number of hydrogen-bond donors (Lipinski definition) is 2. The first-order valence-electron chi connectivity index (χ1n) is 13.1. The molecule has 7 rings (SSSR count). The molecule has 5 nitrogen and oxygen atoms in total. The summed E-state index contributed by atoms with van der Waals surface area (Å²) in [5.74, 6) is 2.46. The van der Waals surface area contributed by atoms with Gasteiger partial charge < -0.3 is 15.5 Å². The Morgan fingerprint density at radius 3 is 2.12 bits per heavy atom. The minimum atomic E-state index is -0.114. The predicted molar refractivity (Wildman–Crippen MR) is 135 cm³/mol. The molecule has 4 aliphatic carbocycles. The van der Waals surface area contributed by atoms with Crippen LogP contribution in [-0.4, -0.2) is 24.9 Å². The number of carbonyl (C=O) groups is 2. The van der Waals surface area contributed by atoms with Gasteiger partial charge in [0.15, 0.2) is 0 Å². The summed E-state index contributed by atoms with van der Waals surface area (Å²) in [6.07, 6.45) is 9.69. The van der Waals surface area contributed by atoms with Crippen molar-refractivity contribution in [3.8, 4) is 0 Å². The van der Waals surface area contributed by atoms with Crippen molar-refractivity contribution in [3.05, 3.63) is 59.7 Å². The number of amides is 2. The van der Waals surface area contributed by atoms with E-state index >= 15 is 0 Å². The van der Waals surface area contributed by atoms with Gasteiger partial charge in [-0.05, 0) is 98.9 Å². The van der Waals surface area contributed by atoms with E-state index in [9.17, 15) is 9.59 Å². The third kappa shape index (κ3) is 4.10. The Labute approximate surface area is 202 Å². The molecule has 2 aromatic rings. The third-order valence-corrected chi connectivity index (χ3v) is 8.79. The highest BCUT2D eigenvalue weighted by Gasteiger charge is 2.54. The summed E-state index contributed by atoms with van der Waals surface area (Å²) >= 11 is 0. The van der Waals surface area contributed by atoms with Gasteiger partial charge in [-0.2, -0.15) is 0 Å². The Bertz CT molecular complexity index is 1040. The molecule has 0 unspecified atom stereocenters. The van der Waals surface area contributed by atoms with Crippen molar-refractivity contribution in [2.75, 3.05) is 23.3 Å². The zero-order valence-corrected chi connectivity index (χ0v) is 19.9. The first kappa shape index (κ1) is 21.7. The van der Waals surface area contributed by atoms with Gasteiger partial charge in [0, 0.05) is 30.6 Å². The van der Waals surface area contributed by atoms with Crippen LogP contribution in [0.4, 0.5) is 11.4 Å². The Morgan fingerprint density at radius 2 is 1.47 bits per heavy atom. The van der Waals surface area contributed by atoms with E-state index in [1.54, 1.807) is 0 Å². The van der Waals surface area contributed by atoms with Crippen molar-refractivity contribution >= 4 is 23.2 Å². The Hall–Kier alpha value is -2.82. The first-order valence-corrected chi connectivity index (χ1v) is 13.1. The highest BCUT2D eigenvalue weighted by molar-refractivity contribution is 6.06. The summed E-state index contributed by atoms with van der Waals surface area (Å²) in [6, 6.07) is 15.7. The van der Waals surface area contributed by atoms with Gasteiger partial charge in [0.25, 0.3) is 5.91 Å². The lowest BCUT2D eigenvalue weighted by Gasteiger charge is -2.55. The number of carbonyl (C=O) groups excluding carboxylic acids is 2. The van der Waals surface area contributed by atoms with Gasteiger partial charge in [0.1, 0.15) is 0 Å². The fraction of sp³-hybridized carbons (Fsp3) is 0.517. The molecular weight excluding hydrogens is 422 g/mol. The number of rotatable bonds is 6. The van der Waals surface area contributed by atoms with E-state index in [1.165, 1.54) is 32.1 Å². The standard InChI is InChI=1S/C29H35N3O2/c33-27(31-25-5-1-2-6-26(25)32-11-3-4-12-32)24-9-7-20(8-10-24)19-30-28(34)29-16-21-13-22(17-29)15-23(14-21)18-29/h1-2,5-10,21-23H,3-4,11-19H2,(H,30,34)(H,31,33). The van der Waals surface area contributed by atoms with Crippen LogP contribution in [0.5, 0.6) is 0 Å². The monoisotopic (exact) mass is 457 g/mol.